The average Bonchev–Trinajstić information content (AvgIpc) is 3.08. The van der Waals surface area contributed by atoms with Gasteiger partial charge in [-0.15, -0.1) is 0 Å². The molecule has 2 aliphatic rings. The molecule has 0 spiro atoms. The summed E-state index contributed by atoms with van der Waals surface area (Å²) in [5, 5.41) is 3.54. The zero-order chi connectivity index (χ0) is 13.2. The molecule has 1 amide bonds. The average molecular weight is 259 g/mol. The van der Waals surface area contributed by atoms with Gasteiger partial charge < -0.3 is 10.2 Å². The summed E-state index contributed by atoms with van der Waals surface area (Å²) in [6.07, 6.45) is 6.41. The third-order valence-electron chi connectivity index (χ3n) is 4.27. The van der Waals surface area contributed by atoms with E-state index in [0.717, 1.165) is 37.2 Å². The summed E-state index contributed by atoms with van der Waals surface area (Å²) in [6.45, 7) is 3.91. The van der Waals surface area contributed by atoms with Crippen LogP contribution in [-0.2, 0) is 0 Å². The minimum atomic E-state index is 0.168. The molecule has 3 rings (SSSR count). The first kappa shape index (κ1) is 12.6. The Hall–Kier alpha value is -1.42. The van der Waals surface area contributed by atoms with Gasteiger partial charge in [0.05, 0.1) is 0 Å². The van der Waals surface area contributed by atoms with Gasteiger partial charge in [0.25, 0.3) is 5.91 Å². The van der Waals surface area contributed by atoms with Gasteiger partial charge in [-0.2, -0.15) is 0 Å². The standard InChI is InChI=1S/C15H21N3O/c1-11-10-12(6-8-16-11)15(19)18-9-3-5-14(18)13-4-2-7-17-13/h6,8,10,13-14,17H,2-5,7,9H2,1H3. The van der Waals surface area contributed by atoms with Gasteiger partial charge in [0.15, 0.2) is 0 Å². The van der Waals surface area contributed by atoms with Crippen LogP contribution in [0.25, 0.3) is 0 Å². The van der Waals surface area contributed by atoms with Gasteiger partial charge in [-0.05, 0) is 51.3 Å². The van der Waals surface area contributed by atoms with Crippen LogP contribution in [0.15, 0.2) is 18.3 Å². The molecule has 2 atom stereocenters. The Balaban J connectivity index is 1.78. The first-order valence-electron chi connectivity index (χ1n) is 7.23. The zero-order valence-corrected chi connectivity index (χ0v) is 11.4. The third-order valence-corrected chi connectivity index (χ3v) is 4.27. The van der Waals surface area contributed by atoms with Crippen LogP contribution >= 0.6 is 0 Å². The lowest BCUT2D eigenvalue weighted by molar-refractivity contribution is 0.0711. The Labute approximate surface area is 114 Å². The summed E-state index contributed by atoms with van der Waals surface area (Å²) >= 11 is 0. The predicted octanol–water partition coefficient (Wildman–Crippen LogP) is 1.75. The Morgan fingerprint density at radius 2 is 2.32 bits per heavy atom. The molecule has 0 aliphatic carbocycles. The number of carbonyl (C=O) groups excluding carboxylic acids is 1. The smallest absolute Gasteiger partial charge is 0.254 e. The van der Waals surface area contributed by atoms with Gasteiger partial charge in [0.1, 0.15) is 0 Å². The van der Waals surface area contributed by atoms with Gasteiger partial charge >= 0.3 is 0 Å². The normalized spacial score (nSPS) is 26.9. The van der Waals surface area contributed by atoms with Crippen LogP contribution in [0.3, 0.4) is 0 Å². The quantitative estimate of drug-likeness (QED) is 0.880. The van der Waals surface area contributed by atoms with Gasteiger partial charge in [-0.1, -0.05) is 0 Å². The second-order valence-electron chi connectivity index (χ2n) is 5.60. The molecule has 2 fully saturated rings. The van der Waals surface area contributed by atoms with Crippen molar-refractivity contribution in [2.45, 2.75) is 44.7 Å². The number of hydrogen-bond acceptors (Lipinski definition) is 3. The van der Waals surface area contributed by atoms with Crippen molar-refractivity contribution in [2.24, 2.45) is 0 Å². The van der Waals surface area contributed by atoms with E-state index in [1.54, 1.807) is 6.20 Å². The number of pyridine rings is 1. The number of rotatable bonds is 2. The van der Waals surface area contributed by atoms with E-state index in [1.165, 1.54) is 12.8 Å². The number of aryl methyl sites for hydroxylation is 1. The second-order valence-corrected chi connectivity index (χ2v) is 5.60. The van der Waals surface area contributed by atoms with E-state index >= 15 is 0 Å². The number of aromatic nitrogens is 1. The molecule has 3 heterocycles. The molecule has 19 heavy (non-hydrogen) atoms. The lowest BCUT2D eigenvalue weighted by atomic mass is 10.0. The molecule has 0 radical (unpaired) electrons. The molecule has 102 valence electrons. The van der Waals surface area contributed by atoms with Crippen molar-refractivity contribution >= 4 is 5.91 Å². The van der Waals surface area contributed by atoms with E-state index in [9.17, 15) is 4.79 Å². The van der Waals surface area contributed by atoms with E-state index < -0.39 is 0 Å². The maximum absolute atomic E-state index is 12.6. The Morgan fingerprint density at radius 3 is 3.05 bits per heavy atom. The molecule has 2 saturated heterocycles. The number of hydrogen-bond donors (Lipinski definition) is 1. The Kier molecular flexibility index (Phi) is 3.51. The number of carbonyl (C=O) groups is 1. The van der Waals surface area contributed by atoms with Crippen LogP contribution in [0.2, 0.25) is 0 Å². The van der Waals surface area contributed by atoms with Crippen molar-refractivity contribution in [1.29, 1.82) is 0 Å². The van der Waals surface area contributed by atoms with Crippen molar-refractivity contribution in [3.8, 4) is 0 Å². The molecule has 1 aromatic heterocycles. The maximum Gasteiger partial charge on any atom is 0.254 e. The van der Waals surface area contributed by atoms with Gasteiger partial charge in [0, 0.05) is 36.1 Å². The van der Waals surface area contributed by atoms with Crippen LogP contribution < -0.4 is 5.32 Å². The molecule has 0 aromatic carbocycles. The van der Waals surface area contributed by atoms with Crippen LogP contribution in [0.1, 0.15) is 41.7 Å². The van der Waals surface area contributed by atoms with Crippen molar-refractivity contribution in [1.82, 2.24) is 15.2 Å². The van der Waals surface area contributed by atoms with Crippen LogP contribution in [0.4, 0.5) is 0 Å². The summed E-state index contributed by atoms with van der Waals surface area (Å²) in [4.78, 5) is 18.9. The van der Waals surface area contributed by atoms with Crippen LogP contribution in [-0.4, -0.2) is 41.0 Å². The summed E-state index contributed by atoms with van der Waals surface area (Å²) in [5.74, 6) is 0.168. The monoisotopic (exact) mass is 259 g/mol. The topological polar surface area (TPSA) is 45.2 Å². The van der Waals surface area contributed by atoms with Gasteiger partial charge in [-0.3, -0.25) is 9.78 Å². The lowest BCUT2D eigenvalue weighted by Gasteiger charge is -2.29. The van der Waals surface area contributed by atoms with Crippen molar-refractivity contribution in [2.75, 3.05) is 13.1 Å². The summed E-state index contributed by atoms with van der Waals surface area (Å²) in [7, 11) is 0. The fourth-order valence-corrected chi connectivity index (χ4v) is 3.35. The number of nitrogens with zero attached hydrogens (tertiary/aromatic N) is 2. The summed E-state index contributed by atoms with van der Waals surface area (Å²) in [6, 6.07) is 4.59. The largest absolute Gasteiger partial charge is 0.334 e. The Bertz CT molecular complexity index is 468. The van der Waals surface area contributed by atoms with Crippen molar-refractivity contribution in [3.05, 3.63) is 29.6 Å². The highest BCUT2D eigenvalue weighted by Crippen LogP contribution is 2.26. The van der Waals surface area contributed by atoms with Crippen LogP contribution in [0, 0.1) is 6.92 Å². The summed E-state index contributed by atoms with van der Waals surface area (Å²) < 4.78 is 0. The molecule has 2 unspecified atom stereocenters. The summed E-state index contributed by atoms with van der Waals surface area (Å²) in [5.41, 5.74) is 1.68. The van der Waals surface area contributed by atoms with E-state index in [-0.39, 0.29) is 5.91 Å². The fraction of sp³-hybridized carbons (Fsp3) is 0.600. The SMILES string of the molecule is Cc1cc(C(=O)N2CCCC2C2CCCN2)ccn1. The fourth-order valence-electron chi connectivity index (χ4n) is 3.35. The highest BCUT2D eigenvalue weighted by atomic mass is 16.2. The third kappa shape index (κ3) is 2.50. The van der Waals surface area contributed by atoms with Gasteiger partial charge in [0.2, 0.25) is 0 Å². The van der Waals surface area contributed by atoms with Crippen molar-refractivity contribution < 1.29 is 4.79 Å². The molecule has 1 N–H and O–H groups in total. The zero-order valence-electron chi connectivity index (χ0n) is 11.4. The molecule has 4 nitrogen and oxygen atoms in total. The molecule has 0 bridgehead atoms. The van der Waals surface area contributed by atoms with E-state index in [2.05, 4.69) is 15.2 Å². The second kappa shape index (κ2) is 5.29. The minimum absolute atomic E-state index is 0.168. The minimum Gasteiger partial charge on any atom is -0.334 e. The maximum atomic E-state index is 12.6. The van der Waals surface area contributed by atoms with E-state index in [0.29, 0.717) is 12.1 Å². The number of amides is 1. The molecule has 4 heteroatoms. The molecule has 2 aliphatic heterocycles. The van der Waals surface area contributed by atoms with Gasteiger partial charge in [-0.25, -0.2) is 0 Å². The van der Waals surface area contributed by atoms with E-state index in [1.807, 2.05) is 19.1 Å². The highest BCUT2D eigenvalue weighted by Gasteiger charge is 2.36. The van der Waals surface area contributed by atoms with Crippen molar-refractivity contribution in [3.63, 3.8) is 0 Å². The number of likely N-dealkylation sites (tertiary alicyclic amines) is 1. The highest BCUT2D eigenvalue weighted by molar-refractivity contribution is 5.94. The first-order chi connectivity index (χ1) is 9.25. The van der Waals surface area contributed by atoms with Crippen LogP contribution in [0.5, 0.6) is 0 Å². The first-order valence-corrected chi connectivity index (χ1v) is 7.23. The Morgan fingerprint density at radius 1 is 1.42 bits per heavy atom. The molecular formula is C15H21N3O. The lowest BCUT2D eigenvalue weighted by Crippen LogP contribution is -2.46. The predicted molar refractivity (Wildman–Crippen MR) is 74.1 cm³/mol. The molecule has 1 aromatic rings. The molecular weight excluding hydrogens is 238 g/mol. The van der Waals surface area contributed by atoms with E-state index in [4.69, 9.17) is 0 Å². The number of nitrogens with one attached hydrogen (secondary N) is 1. The molecule has 0 saturated carbocycles.